The highest BCUT2D eigenvalue weighted by molar-refractivity contribution is 6.30. The molecule has 4 heteroatoms. The predicted molar refractivity (Wildman–Crippen MR) is 87.2 cm³/mol. The van der Waals surface area contributed by atoms with Crippen molar-refractivity contribution >= 4 is 23.7 Å². The monoisotopic (exact) mass is 300 g/mol. The van der Waals surface area contributed by atoms with Gasteiger partial charge in [-0.1, -0.05) is 35.4 Å². The number of halogens is 1. The second-order valence-electron chi connectivity index (χ2n) is 5.02. The van der Waals surface area contributed by atoms with Gasteiger partial charge in [-0.2, -0.15) is 5.10 Å². The van der Waals surface area contributed by atoms with Crippen LogP contribution in [0.3, 0.4) is 0 Å². The van der Waals surface area contributed by atoms with Crippen LogP contribution in [0.4, 0.5) is 0 Å². The minimum Gasteiger partial charge on any atom is -0.267 e. The van der Waals surface area contributed by atoms with E-state index in [1.165, 1.54) is 5.56 Å². The van der Waals surface area contributed by atoms with Crippen LogP contribution in [0.25, 0.3) is 0 Å². The third kappa shape index (κ3) is 3.92. The van der Waals surface area contributed by atoms with Gasteiger partial charge < -0.3 is 0 Å². The number of aryl methyl sites for hydroxylation is 3. The number of hydrazone groups is 1. The van der Waals surface area contributed by atoms with Crippen LogP contribution in [0.5, 0.6) is 0 Å². The van der Waals surface area contributed by atoms with E-state index in [0.717, 1.165) is 16.7 Å². The standard InChI is InChI=1S/C17H17ClN2O/c1-11-7-12(2)16(13(3)8-11)10-19-20-17(21)14-5-4-6-15(18)9-14/h4-10H,1-3H3,(H,20,21). The Kier molecular flexibility index (Phi) is 4.76. The van der Waals surface area contributed by atoms with Gasteiger partial charge in [-0.05, 0) is 50.1 Å². The van der Waals surface area contributed by atoms with E-state index in [4.69, 9.17) is 11.6 Å². The zero-order chi connectivity index (χ0) is 15.4. The normalized spacial score (nSPS) is 10.9. The Balaban J connectivity index is 2.11. The molecule has 1 amide bonds. The molecule has 108 valence electrons. The molecule has 0 fully saturated rings. The van der Waals surface area contributed by atoms with Gasteiger partial charge in [0.25, 0.3) is 5.91 Å². The van der Waals surface area contributed by atoms with Gasteiger partial charge in [-0.15, -0.1) is 0 Å². The zero-order valence-corrected chi connectivity index (χ0v) is 13.0. The first-order valence-electron chi connectivity index (χ1n) is 6.64. The van der Waals surface area contributed by atoms with Gasteiger partial charge in [-0.25, -0.2) is 5.43 Å². The molecule has 0 heterocycles. The minimum atomic E-state index is -0.281. The van der Waals surface area contributed by atoms with Crippen molar-refractivity contribution in [2.24, 2.45) is 5.10 Å². The van der Waals surface area contributed by atoms with Crippen molar-refractivity contribution in [3.8, 4) is 0 Å². The predicted octanol–water partition coefficient (Wildman–Crippen LogP) is 4.03. The van der Waals surface area contributed by atoms with Gasteiger partial charge in [0.2, 0.25) is 0 Å². The molecule has 0 bridgehead atoms. The average Bonchev–Trinajstić information content (AvgIpc) is 2.41. The van der Waals surface area contributed by atoms with Gasteiger partial charge >= 0.3 is 0 Å². The summed E-state index contributed by atoms with van der Waals surface area (Å²) in [5.41, 5.74) is 7.50. The van der Waals surface area contributed by atoms with Crippen molar-refractivity contribution in [3.05, 3.63) is 69.2 Å². The van der Waals surface area contributed by atoms with Crippen LogP contribution in [0.1, 0.15) is 32.6 Å². The van der Waals surface area contributed by atoms with E-state index >= 15 is 0 Å². The average molecular weight is 301 g/mol. The van der Waals surface area contributed by atoms with Crippen LogP contribution in [-0.2, 0) is 0 Å². The van der Waals surface area contributed by atoms with Gasteiger partial charge in [0.1, 0.15) is 0 Å². The lowest BCUT2D eigenvalue weighted by atomic mass is 10.0. The van der Waals surface area contributed by atoms with E-state index in [9.17, 15) is 4.79 Å². The van der Waals surface area contributed by atoms with Crippen LogP contribution in [0.15, 0.2) is 41.5 Å². The second kappa shape index (κ2) is 6.55. The third-order valence-electron chi connectivity index (χ3n) is 3.18. The lowest BCUT2D eigenvalue weighted by Gasteiger charge is -2.06. The fourth-order valence-electron chi connectivity index (χ4n) is 2.24. The topological polar surface area (TPSA) is 41.5 Å². The van der Waals surface area contributed by atoms with Crippen molar-refractivity contribution in [3.63, 3.8) is 0 Å². The Morgan fingerprint density at radius 1 is 1.14 bits per heavy atom. The summed E-state index contributed by atoms with van der Waals surface area (Å²) in [4.78, 5) is 11.9. The molecule has 2 rings (SSSR count). The summed E-state index contributed by atoms with van der Waals surface area (Å²) in [6.45, 7) is 6.11. The largest absolute Gasteiger partial charge is 0.271 e. The summed E-state index contributed by atoms with van der Waals surface area (Å²) in [5.74, 6) is -0.281. The quantitative estimate of drug-likeness (QED) is 0.675. The molecule has 0 unspecified atom stereocenters. The van der Waals surface area contributed by atoms with Crippen LogP contribution in [0, 0.1) is 20.8 Å². The van der Waals surface area contributed by atoms with E-state index < -0.39 is 0 Å². The molecule has 0 saturated heterocycles. The summed E-state index contributed by atoms with van der Waals surface area (Å²) in [7, 11) is 0. The lowest BCUT2D eigenvalue weighted by molar-refractivity contribution is 0.0955. The van der Waals surface area contributed by atoms with Gasteiger partial charge in [0.15, 0.2) is 0 Å². The Morgan fingerprint density at radius 2 is 1.81 bits per heavy atom. The number of carbonyl (C=O) groups excluding carboxylic acids is 1. The maximum atomic E-state index is 11.9. The highest BCUT2D eigenvalue weighted by atomic mass is 35.5. The van der Waals surface area contributed by atoms with Crippen molar-refractivity contribution in [2.45, 2.75) is 20.8 Å². The molecule has 21 heavy (non-hydrogen) atoms. The van der Waals surface area contributed by atoms with Crippen LogP contribution in [0.2, 0.25) is 5.02 Å². The number of rotatable bonds is 3. The summed E-state index contributed by atoms with van der Waals surface area (Å²) >= 11 is 5.86. The van der Waals surface area contributed by atoms with Crippen molar-refractivity contribution in [1.82, 2.24) is 5.43 Å². The molecule has 3 nitrogen and oxygen atoms in total. The molecular weight excluding hydrogens is 284 g/mol. The Labute approximate surface area is 129 Å². The first-order chi connectivity index (χ1) is 9.97. The van der Waals surface area contributed by atoms with Crippen molar-refractivity contribution < 1.29 is 4.79 Å². The van der Waals surface area contributed by atoms with Crippen LogP contribution < -0.4 is 5.43 Å². The van der Waals surface area contributed by atoms with E-state index in [2.05, 4.69) is 29.6 Å². The fraction of sp³-hybridized carbons (Fsp3) is 0.176. The number of nitrogens with zero attached hydrogens (tertiary/aromatic N) is 1. The maximum absolute atomic E-state index is 11.9. The molecule has 0 aliphatic heterocycles. The highest BCUT2D eigenvalue weighted by Gasteiger charge is 2.05. The maximum Gasteiger partial charge on any atom is 0.271 e. The minimum absolute atomic E-state index is 0.281. The molecule has 2 aromatic rings. The summed E-state index contributed by atoms with van der Waals surface area (Å²) in [6.07, 6.45) is 1.67. The molecule has 0 aliphatic rings. The second-order valence-corrected chi connectivity index (χ2v) is 5.46. The summed E-state index contributed by atoms with van der Waals surface area (Å²) in [6, 6.07) is 10.9. The Bertz CT molecular complexity index is 685. The third-order valence-corrected chi connectivity index (χ3v) is 3.42. The number of carbonyl (C=O) groups is 1. The Hall–Kier alpha value is -2.13. The van der Waals surface area contributed by atoms with Crippen LogP contribution in [-0.4, -0.2) is 12.1 Å². The number of benzene rings is 2. The smallest absolute Gasteiger partial charge is 0.267 e. The number of hydrogen-bond acceptors (Lipinski definition) is 2. The van der Waals surface area contributed by atoms with Crippen LogP contribution >= 0.6 is 11.6 Å². The van der Waals surface area contributed by atoms with Crippen molar-refractivity contribution in [1.29, 1.82) is 0 Å². The number of amides is 1. The SMILES string of the molecule is Cc1cc(C)c(C=NNC(=O)c2cccc(Cl)c2)c(C)c1. The molecule has 0 aliphatic carbocycles. The van der Waals surface area contributed by atoms with Gasteiger partial charge in [0, 0.05) is 16.1 Å². The van der Waals surface area contributed by atoms with E-state index in [0.29, 0.717) is 10.6 Å². The zero-order valence-electron chi connectivity index (χ0n) is 12.3. The molecule has 0 saturated carbocycles. The molecule has 2 aromatic carbocycles. The molecular formula is C17H17ClN2O. The fourth-order valence-corrected chi connectivity index (χ4v) is 2.43. The van der Waals surface area contributed by atoms with E-state index in [-0.39, 0.29) is 5.91 Å². The summed E-state index contributed by atoms with van der Waals surface area (Å²) < 4.78 is 0. The van der Waals surface area contributed by atoms with E-state index in [1.54, 1.807) is 30.5 Å². The van der Waals surface area contributed by atoms with Gasteiger partial charge in [-0.3, -0.25) is 4.79 Å². The molecule has 0 aromatic heterocycles. The first kappa shape index (κ1) is 15.3. The molecule has 1 N–H and O–H groups in total. The van der Waals surface area contributed by atoms with E-state index in [1.807, 2.05) is 13.8 Å². The first-order valence-corrected chi connectivity index (χ1v) is 7.02. The summed E-state index contributed by atoms with van der Waals surface area (Å²) in [5, 5.41) is 4.56. The lowest BCUT2D eigenvalue weighted by Crippen LogP contribution is -2.17. The molecule has 0 atom stereocenters. The Morgan fingerprint density at radius 3 is 2.43 bits per heavy atom. The van der Waals surface area contributed by atoms with Crippen molar-refractivity contribution in [2.75, 3.05) is 0 Å². The molecule has 0 radical (unpaired) electrons. The highest BCUT2D eigenvalue weighted by Crippen LogP contribution is 2.14. The van der Waals surface area contributed by atoms with Gasteiger partial charge in [0.05, 0.1) is 6.21 Å². The number of nitrogens with one attached hydrogen (secondary N) is 1. The molecule has 0 spiro atoms. The number of hydrogen-bond donors (Lipinski definition) is 1.